The maximum Gasteiger partial charge on any atom is 0.125 e. The van der Waals surface area contributed by atoms with Crippen LogP contribution in [0.25, 0.3) is 0 Å². The standard InChI is InChI=1S/C14H22FNO.ClH/c1-4-6-17-14-10(3)7-12(15)8-11(14)9-13(16)5-2;/h7-8,13H,4-6,9,16H2,1-3H3;1H. The van der Waals surface area contributed by atoms with E-state index in [1.165, 1.54) is 12.1 Å². The number of ether oxygens (including phenoxy) is 1. The topological polar surface area (TPSA) is 35.2 Å². The van der Waals surface area contributed by atoms with Crippen molar-refractivity contribution < 1.29 is 9.13 Å². The van der Waals surface area contributed by atoms with Crippen molar-refractivity contribution in [1.82, 2.24) is 0 Å². The zero-order valence-electron chi connectivity index (χ0n) is 11.3. The van der Waals surface area contributed by atoms with Crippen molar-refractivity contribution in [3.63, 3.8) is 0 Å². The van der Waals surface area contributed by atoms with Gasteiger partial charge in [0.05, 0.1) is 6.61 Å². The van der Waals surface area contributed by atoms with E-state index in [1.54, 1.807) is 0 Å². The lowest BCUT2D eigenvalue weighted by Crippen LogP contribution is -2.22. The molecule has 0 spiro atoms. The SMILES string of the molecule is CCCOc1c(C)cc(F)cc1CC(N)CC.Cl. The van der Waals surface area contributed by atoms with Gasteiger partial charge < -0.3 is 10.5 Å². The van der Waals surface area contributed by atoms with Crippen molar-refractivity contribution >= 4 is 12.4 Å². The molecule has 1 aromatic carbocycles. The van der Waals surface area contributed by atoms with E-state index in [0.717, 1.165) is 29.7 Å². The van der Waals surface area contributed by atoms with Crippen LogP contribution in [0.3, 0.4) is 0 Å². The van der Waals surface area contributed by atoms with Crippen LogP contribution in [0.2, 0.25) is 0 Å². The molecule has 0 aliphatic rings. The first-order chi connectivity index (χ1) is 8.08. The maximum absolute atomic E-state index is 13.4. The molecule has 0 aliphatic carbocycles. The molecule has 18 heavy (non-hydrogen) atoms. The molecule has 104 valence electrons. The van der Waals surface area contributed by atoms with Crippen LogP contribution in [0, 0.1) is 12.7 Å². The minimum Gasteiger partial charge on any atom is -0.493 e. The van der Waals surface area contributed by atoms with E-state index in [2.05, 4.69) is 6.92 Å². The van der Waals surface area contributed by atoms with Crippen LogP contribution < -0.4 is 10.5 Å². The Bertz CT molecular complexity index is 371. The van der Waals surface area contributed by atoms with E-state index in [4.69, 9.17) is 10.5 Å². The third-order valence-electron chi connectivity index (χ3n) is 2.77. The second-order valence-electron chi connectivity index (χ2n) is 4.43. The molecule has 1 aromatic rings. The van der Waals surface area contributed by atoms with Gasteiger partial charge in [-0.1, -0.05) is 13.8 Å². The highest BCUT2D eigenvalue weighted by Crippen LogP contribution is 2.26. The fraction of sp³-hybridized carbons (Fsp3) is 0.571. The van der Waals surface area contributed by atoms with Crippen LogP contribution >= 0.6 is 12.4 Å². The molecule has 4 heteroatoms. The van der Waals surface area contributed by atoms with E-state index in [1.807, 2.05) is 13.8 Å². The van der Waals surface area contributed by atoms with Crippen LogP contribution in [-0.4, -0.2) is 12.6 Å². The van der Waals surface area contributed by atoms with Gasteiger partial charge in [-0.15, -0.1) is 12.4 Å². The van der Waals surface area contributed by atoms with Crippen LogP contribution in [0.4, 0.5) is 4.39 Å². The lowest BCUT2D eigenvalue weighted by molar-refractivity contribution is 0.310. The van der Waals surface area contributed by atoms with Gasteiger partial charge in [0.25, 0.3) is 0 Å². The van der Waals surface area contributed by atoms with Crippen molar-refractivity contribution in [2.45, 2.75) is 46.1 Å². The van der Waals surface area contributed by atoms with E-state index in [9.17, 15) is 4.39 Å². The van der Waals surface area contributed by atoms with Gasteiger partial charge in [0.1, 0.15) is 11.6 Å². The molecule has 0 amide bonds. The number of nitrogens with two attached hydrogens (primary N) is 1. The molecule has 0 aliphatic heterocycles. The first-order valence-electron chi connectivity index (χ1n) is 6.25. The zero-order valence-corrected chi connectivity index (χ0v) is 12.1. The van der Waals surface area contributed by atoms with Gasteiger partial charge in [0.15, 0.2) is 0 Å². The molecule has 0 saturated carbocycles. The summed E-state index contributed by atoms with van der Waals surface area (Å²) >= 11 is 0. The van der Waals surface area contributed by atoms with Crippen LogP contribution in [-0.2, 0) is 6.42 Å². The summed E-state index contributed by atoms with van der Waals surface area (Å²) in [7, 11) is 0. The number of halogens is 2. The van der Waals surface area contributed by atoms with Gasteiger partial charge in [-0.25, -0.2) is 4.39 Å². The van der Waals surface area contributed by atoms with E-state index >= 15 is 0 Å². The quantitative estimate of drug-likeness (QED) is 0.860. The average molecular weight is 276 g/mol. The zero-order chi connectivity index (χ0) is 12.8. The Kier molecular flexibility index (Phi) is 7.96. The Balaban J connectivity index is 0.00000289. The third kappa shape index (κ3) is 4.83. The van der Waals surface area contributed by atoms with Gasteiger partial charge in [-0.2, -0.15) is 0 Å². The number of hydrogen-bond donors (Lipinski definition) is 1. The van der Waals surface area contributed by atoms with E-state index < -0.39 is 0 Å². The summed E-state index contributed by atoms with van der Waals surface area (Å²) in [6.45, 7) is 6.61. The highest BCUT2D eigenvalue weighted by molar-refractivity contribution is 5.85. The maximum atomic E-state index is 13.4. The van der Waals surface area contributed by atoms with Gasteiger partial charge in [0, 0.05) is 6.04 Å². The summed E-state index contributed by atoms with van der Waals surface area (Å²) in [5.41, 5.74) is 7.65. The summed E-state index contributed by atoms with van der Waals surface area (Å²) in [6, 6.07) is 3.10. The molecule has 0 fully saturated rings. The molecule has 0 aromatic heterocycles. The summed E-state index contributed by atoms with van der Waals surface area (Å²) in [6.07, 6.45) is 2.48. The number of rotatable bonds is 6. The monoisotopic (exact) mass is 275 g/mol. The fourth-order valence-electron chi connectivity index (χ4n) is 1.79. The molecule has 0 saturated heterocycles. The highest BCUT2D eigenvalue weighted by Gasteiger charge is 2.12. The number of benzene rings is 1. The minimum atomic E-state index is -0.218. The van der Waals surface area contributed by atoms with E-state index in [-0.39, 0.29) is 24.3 Å². The van der Waals surface area contributed by atoms with Crippen molar-refractivity contribution in [2.24, 2.45) is 5.73 Å². The van der Waals surface area contributed by atoms with Gasteiger partial charge >= 0.3 is 0 Å². The number of hydrogen-bond acceptors (Lipinski definition) is 2. The van der Waals surface area contributed by atoms with Crippen molar-refractivity contribution in [3.05, 3.63) is 29.1 Å². The molecular weight excluding hydrogens is 253 g/mol. The third-order valence-corrected chi connectivity index (χ3v) is 2.77. The minimum absolute atomic E-state index is 0. The van der Waals surface area contributed by atoms with Gasteiger partial charge in [0.2, 0.25) is 0 Å². The van der Waals surface area contributed by atoms with E-state index in [0.29, 0.717) is 13.0 Å². The van der Waals surface area contributed by atoms with Crippen molar-refractivity contribution in [2.75, 3.05) is 6.61 Å². The Labute approximate surface area is 115 Å². The Morgan fingerprint density at radius 1 is 1.33 bits per heavy atom. The summed E-state index contributed by atoms with van der Waals surface area (Å²) in [5.74, 6) is 0.585. The van der Waals surface area contributed by atoms with Gasteiger partial charge in [-0.3, -0.25) is 0 Å². The molecule has 0 bridgehead atoms. The Morgan fingerprint density at radius 2 is 2.00 bits per heavy atom. The smallest absolute Gasteiger partial charge is 0.125 e. The van der Waals surface area contributed by atoms with Crippen LogP contribution in [0.15, 0.2) is 12.1 Å². The summed E-state index contributed by atoms with van der Waals surface area (Å²) in [4.78, 5) is 0. The predicted molar refractivity (Wildman–Crippen MR) is 76.1 cm³/mol. The van der Waals surface area contributed by atoms with Gasteiger partial charge in [-0.05, 0) is 49.4 Å². The largest absolute Gasteiger partial charge is 0.493 e. The molecule has 0 heterocycles. The molecule has 2 N–H and O–H groups in total. The molecule has 0 radical (unpaired) electrons. The molecule has 1 rings (SSSR count). The highest BCUT2D eigenvalue weighted by atomic mass is 35.5. The molecule has 1 unspecified atom stereocenters. The molecule has 2 nitrogen and oxygen atoms in total. The lowest BCUT2D eigenvalue weighted by atomic mass is 10.0. The predicted octanol–water partition coefficient (Wildman–Crippen LogP) is 3.62. The summed E-state index contributed by atoms with van der Waals surface area (Å²) in [5, 5.41) is 0. The lowest BCUT2D eigenvalue weighted by Gasteiger charge is -2.16. The Hall–Kier alpha value is -0.800. The second kappa shape index (κ2) is 8.33. The first kappa shape index (κ1) is 17.2. The van der Waals surface area contributed by atoms with Crippen LogP contribution in [0.1, 0.15) is 37.8 Å². The van der Waals surface area contributed by atoms with Crippen LogP contribution in [0.5, 0.6) is 5.75 Å². The fourth-order valence-corrected chi connectivity index (χ4v) is 1.79. The summed E-state index contributed by atoms with van der Waals surface area (Å²) < 4.78 is 19.1. The molecular formula is C14H23ClFNO. The molecule has 1 atom stereocenters. The normalized spacial score (nSPS) is 11.8. The second-order valence-corrected chi connectivity index (χ2v) is 4.43. The van der Waals surface area contributed by atoms with Crippen molar-refractivity contribution in [3.8, 4) is 5.75 Å². The van der Waals surface area contributed by atoms with Crippen molar-refractivity contribution in [1.29, 1.82) is 0 Å². The number of aryl methyl sites for hydroxylation is 1. The first-order valence-corrected chi connectivity index (χ1v) is 6.25. The Morgan fingerprint density at radius 3 is 2.56 bits per heavy atom. The average Bonchev–Trinajstić information content (AvgIpc) is 2.27.